The molecular weight excluding hydrogens is 322 g/mol. The van der Waals surface area contributed by atoms with E-state index in [1.54, 1.807) is 35.5 Å². The van der Waals surface area contributed by atoms with Crippen molar-refractivity contribution in [3.63, 3.8) is 0 Å². The molecule has 1 unspecified atom stereocenters. The first-order valence-corrected chi connectivity index (χ1v) is 8.33. The minimum Gasteiger partial charge on any atom is -0.355 e. The van der Waals surface area contributed by atoms with Gasteiger partial charge in [-0.2, -0.15) is 0 Å². The highest BCUT2D eigenvalue weighted by molar-refractivity contribution is 5.93. The molecule has 2 amide bonds. The Labute approximate surface area is 145 Å². The van der Waals surface area contributed by atoms with Gasteiger partial charge >= 0.3 is 0 Å². The third-order valence-electron chi connectivity index (χ3n) is 4.22. The molecule has 8 heteroatoms. The summed E-state index contributed by atoms with van der Waals surface area (Å²) >= 11 is 0. The number of nitrogens with zero attached hydrogens (tertiary/aromatic N) is 3. The standard InChI is InChI=1S/C17H21N5O3/c18-5-8-20-16(23)13-2-1-9-22(11-13)17(24)14-10-15(25-21-14)12-3-6-19-7-4-12/h3-4,6-7,10,13H,1-2,5,8-9,11,18H2,(H,20,23). The number of aromatic nitrogens is 2. The van der Waals surface area contributed by atoms with E-state index in [9.17, 15) is 9.59 Å². The average molecular weight is 343 g/mol. The topological polar surface area (TPSA) is 114 Å². The molecule has 2 aromatic rings. The van der Waals surface area contributed by atoms with Gasteiger partial charge in [0.05, 0.1) is 5.92 Å². The van der Waals surface area contributed by atoms with Crippen LogP contribution in [-0.2, 0) is 4.79 Å². The van der Waals surface area contributed by atoms with E-state index < -0.39 is 0 Å². The maximum absolute atomic E-state index is 12.7. The Morgan fingerprint density at radius 1 is 1.36 bits per heavy atom. The summed E-state index contributed by atoms with van der Waals surface area (Å²) in [5, 5.41) is 6.67. The van der Waals surface area contributed by atoms with Gasteiger partial charge in [0.15, 0.2) is 11.5 Å². The lowest BCUT2D eigenvalue weighted by Crippen LogP contribution is -2.46. The molecule has 1 saturated heterocycles. The number of hydrogen-bond donors (Lipinski definition) is 2. The molecule has 3 N–H and O–H groups in total. The number of pyridine rings is 1. The van der Waals surface area contributed by atoms with E-state index in [4.69, 9.17) is 10.3 Å². The average Bonchev–Trinajstić information content (AvgIpc) is 3.16. The van der Waals surface area contributed by atoms with Crippen molar-refractivity contribution in [3.05, 3.63) is 36.3 Å². The van der Waals surface area contributed by atoms with Gasteiger partial charge in [0.25, 0.3) is 5.91 Å². The lowest BCUT2D eigenvalue weighted by molar-refractivity contribution is -0.126. The third-order valence-corrected chi connectivity index (χ3v) is 4.22. The molecular formula is C17H21N5O3. The van der Waals surface area contributed by atoms with Crippen LogP contribution in [0.4, 0.5) is 0 Å². The molecule has 1 aliphatic heterocycles. The van der Waals surface area contributed by atoms with Crippen molar-refractivity contribution in [3.8, 4) is 11.3 Å². The van der Waals surface area contributed by atoms with Gasteiger partial charge in [-0.05, 0) is 25.0 Å². The zero-order valence-corrected chi connectivity index (χ0v) is 13.9. The van der Waals surface area contributed by atoms with Gasteiger partial charge in [0.2, 0.25) is 5.91 Å². The number of carbonyl (C=O) groups is 2. The Hall–Kier alpha value is -2.74. The lowest BCUT2D eigenvalue weighted by atomic mass is 9.97. The van der Waals surface area contributed by atoms with Crippen LogP contribution >= 0.6 is 0 Å². The van der Waals surface area contributed by atoms with Gasteiger partial charge in [-0.3, -0.25) is 14.6 Å². The van der Waals surface area contributed by atoms with Gasteiger partial charge in [-0.25, -0.2) is 0 Å². The normalized spacial score (nSPS) is 17.3. The highest BCUT2D eigenvalue weighted by Crippen LogP contribution is 2.22. The highest BCUT2D eigenvalue weighted by atomic mass is 16.5. The Kier molecular flexibility index (Phi) is 5.39. The fourth-order valence-electron chi connectivity index (χ4n) is 2.91. The summed E-state index contributed by atoms with van der Waals surface area (Å²) in [5.74, 6) is 0.0248. The summed E-state index contributed by atoms with van der Waals surface area (Å²) in [6.45, 7) is 1.84. The van der Waals surface area contributed by atoms with Gasteiger partial charge in [0, 0.05) is 50.2 Å². The van der Waals surface area contributed by atoms with Crippen LogP contribution in [0.3, 0.4) is 0 Å². The first kappa shape index (κ1) is 17.1. The number of piperidine rings is 1. The molecule has 1 atom stereocenters. The number of amides is 2. The summed E-state index contributed by atoms with van der Waals surface area (Å²) in [6.07, 6.45) is 4.84. The predicted octanol–water partition coefficient (Wildman–Crippen LogP) is 0.664. The Balaban J connectivity index is 1.66. The maximum atomic E-state index is 12.7. The van der Waals surface area contributed by atoms with Crippen LogP contribution in [0.2, 0.25) is 0 Å². The molecule has 1 aliphatic rings. The molecule has 0 radical (unpaired) electrons. The fourth-order valence-corrected chi connectivity index (χ4v) is 2.91. The second kappa shape index (κ2) is 7.89. The smallest absolute Gasteiger partial charge is 0.276 e. The van der Waals surface area contributed by atoms with Crippen molar-refractivity contribution >= 4 is 11.8 Å². The molecule has 0 aliphatic carbocycles. The molecule has 25 heavy (non-hydrogen) atoms. The summed E-state index contributed by atoms with van der Waals surface area (Å²) in [5.41, 5.74) is 6.46. The first-order valence-electron chi connectivity index (χ1n) is 8.33. The second-order valence-corrected chi connectivity index (χ2v) is 5.98. The number of nitrogens with two attached hydrogens (primary N) is 1. The molecule has 0 aromatic carbocycles. The SMILES string of the molecule is NCCNC(=O)C1CCCN(C(=O)c2cc(-c3ccncc3)on2)C1. The molecule has 2 aromatic heterocycles. The minimum absolute atomic E-state index is 0.0550. The van der Waals surface area contributed by atoms with Crippen LogP contribution in [0, 0.1) is 5.92 Å². The van der Waals surface area contributed by atoms with E-state index in [1.165, 1.54) is 0 Å². The summed E-state index contributed by atoms with van der Waals surface area (Å²) < 4.78 is 5.27. The molecule has 0 spiro atoms. The van der Waals surface area contributed by atoms with E-state index >= 15 is 0 Å². The van der Waals surface area contributed by atoms with Gasteiger partial charge in [0.1, 0.15) is 0 Å². The lowest BCUT2D eigenvalue weighted by Gasteiger charge is -2.31. The van der Waals surface area contributed by atoms with Crippen LogP contribution in [0.15, 0.2) is 35.1 Å². The minimum atomic E-state index is -0.222. The number of likely N-dealkylation sites (tertiary alicyclic amines) is 1. The van der Waals surface area contributed by atoms with Gasteiger partial charge < -0.3 is 20.5 Å². The van der Waals surface area contributed by atoms with E-state index in [2.05, 4.69) is 15.5 Å². The number of nitrogens with one attached hydrogen (secondary N) is 1. The van der Waals surface area contributed by atoms with Crippen molar-refractivity contribution in [2.45, 2.75) is 12.8 Å². The summed E-state index contributed by atoms with van der Waals surface area (Å²) in [6, 6.07) is 5.19. The van der Waals surface area contributed by atoms with Crippen molar-refractivity contribution in [1.82, 2.24) is 20.4 Å². The molecule has 3 rings (SSSR count). The van der Waals surface area contributed by atoms with Crippen LogP contribution < -0.4 is 11.1 Å². The zero-order valence-electron chi connectivity index (χ0n) is 13.9. The molecule has 0 bridgehead atoms. The molecule has 1 fully saturated rings. The maximum Gasteiger partial charge on any atom is 0.276 e. The Bertz CT molecular complexity index is 731. The second-order valence-electron chi connectivity index (χ2n) is 5.98. The first-order chi connectivity index (χ1) is 12.2. The molecule has 3 heterocycles. The van der Waals surface area contributed by atoms with Crippen molar-refractivity contribution in [1.29, 1.82) is 0 Å². The zero-order chi connectivity index (χ0) is 17.6. The van der Waals surface area contributed by atoms with Crippen molar-refractivity contribution < 1.29 is 14.1 Å². The Morgan fingerprint density at radius 2 is 2.16 bits per heavy atom. The summed E-state index contributed by atoms with van der Waals surface area (Å²) in [4.78, 5) is 30.4. The summed E-state index contributed by atoms with van der Waals surface area (Å²) in [7, 11) is 0. The van der Waals surface area contributed by atoms with Crippen LogP contribution in [-0.4, -0.2) is 53.0 Å². The largest absolute Gasteiger partial charge is 0.355 e. The van der Waals surface area contributed by atoms with Crippen LogP contribution in [0.1, 0.15) is 23.3 Å². The molecule has 0 saturated carbocycles. The molecule has 132 valence electrons. The van der Waals surface area contributed by atoms with Gasteiger partial charge in [-0.15, -0.1) is 0 Å². The van der Waals surface area contributed by atoms with E-state index in [0.717, 1.165) is 18.4 Å². The van der Waals surface area contributed by atoms with E-state index in [1.807, 2.05) is 0 Å². The fraction of sp³-hybridized carbons (Fsp3) is 0.412. The van der Waals surface area contributed by atoms with E-state index in [0.29, 0.717) is 31.9 Å². The van der Waals surface area contributed by atoms with Crippen molar-refractivity contribution in [2.24, 2.45) is 11.7 Å². The quantitative estimate of drug-likeness (QED) is 0.824. The predicted molar refractivity (Wildman–Crippen MR) is 90.4 cm³/mol. The third kappa shape index (κ3) is 4.03. The Morgan fingerprint density at radius 3 is 2.92 bits per heavy atom. The number of carbonyl (C=O) groups excluding carboxylic acids is 2. The monoisotopic (exact) mass is 343 g/mol. The highest BCUT2D eigenvalue weighted by Gasteiger charge is 2.30. The van der Waals surface area contributed by atoms with E-state index in [-0.39, 0.29) is 23.4 Å². The van der Waals surface area contributed by atoms with Crippen molar-refractivity contribution in [2.75, 3.05) is 26.2 Å². The van der Waals surface area contributed by atoms with Crippen LogP contribution in [0.25, 0.3) is 11.3 Å². The number of rotatable bonds is 5. The number of hydrogen-bond acceptors (Lipinski definition) is 6. The van der Waals surface area contributed by atoms with Crippen LogP contribution in [0.5, 0.6) is 0 Å². The van der Waals surface area contributed by atoms with Gasteiger partial charge in [-0.1, -0.05) is 5.16 Å². The molecule has 8 nitrogen and oxygen atoms in total.